The average molecular weight is 382 g/mol. The van der Waals surface area contributed by atoms with Crippen molar-refractivity contribution in [2.45, 2.75) is 38.9 Å². The van der Waals surface area contributed by atoms with E-state index in [1.807, 2.05) is 54.8 Å². The Labute approximate surface area is 163 Å². The number of aryl methyl sites for hydroxylation is 2. The molecule has 0 aliphatic carbocycles. The molecule has 6 nitrogen and oxygen atoms in total. The molecular weight excluding hydrogens is 358 g/mol. The van der Waals surface area contributed by atoms with Crippen LogP contribution in [0.5, 0.6) is 0 Å². The van der Waals surface area contributed by atoms with E-state index in [-0.39, 0.29) is 11.7 Å². The molecule has 0 spiro atoms. The molecule has 7 heteroatoms. The largest absolute Gasteiger partial charge is 0.325 e. The van der Waals surface area contributed by atoms with Crippen molar-refractivity contribution in [2.75, 3.05) is 11.1 Å². The third-order valence-electron chi connectivity index (χ3n) is 4.14. The first-order chi connectivity index (χ1) is 13.1. The molecule has 140 valence electrons. The average Bonchev–Trinajstić information content (AvgIpc) is 3.07. The number of hydrogen-bond donors (Lipinski definition) is 1. The molecule has 0 aliphatic rings. The lowest BCUT2D eigenvalue weighted by molar-refractivity contribution is -0.113. The number of thioether (sulfide) groups is 1. The molecule has 0 unspecified atom stereocenters. The summed E-state index contributed by atoms with van der Waals surface area (Å²) in [6.45, 7) is 6.86. The summed E-state index contributed by atoms with van der Waals surface area (Å²) in [6, 6.07) is 11.7. The van der Waals surface area contributed by atoms with Gasteiger partial charge in [0.2, 0.25) is 5.91 Å². The van der Waals surface area contributed by atoms with E-state index in [0.717, 1.165) is 46.5 Å². The molecule has 0 bridgehead atoms. The number of aromatic nitrogens is 4. The quantitative estimate of drug-likeness (QED) is 0.624. The van der Waals surface area contributed by atoms with Crippen LogP contribution in [-0.4, -0.2) is 31.4 Å². The minimum absolute atomic E-state index is 0.0529. The van der Waals surface area contributed by atoms with E-state index in [9.17, 15) is 4.79 Å². The summed E-state index contributed by atoms with van der Waals surface area (Å²) in [7, 11) is 0. The van der Waals surface area contributed by atoms with Crippen LogP contribution in [-0.2, 0) is 11.3 Å². The van der Waals surface area contributed by atoms with Gasteiger partial charge in [0.05, 0.1) is 5.75 Å². The molecule has 3 rings (SSSR count). The molecule has 0 fully saturated rings. The van der Waals surface area contributed by atoms with Gasteiger partial charge in [-0.2, -0.15) is 0 Å². The second-order valence-electron chi connectivity index (χ2n) is 6.28. The summed E-state index contributed by atoms with van der Waals surface area (Å²) >= 11 is 1.39. The summed E-state index contributed by atoms with van der Waals surface area (Å²) in [4.78, 5) is 16.8. The van der Waals surface area contributed by atoms with Crippen molar-refractivity contribution in [3.8, 4) is 11.5 Å². The van der Waals surface area contributed by atoms with Crippen molar-refractivity contribution in [2.24, 2.45) is 0 Å². The Morgan fingerprint density at radius 1 is 1.11 bits per heavy atom. The van der Waals surface area contributed by atoms with E-state index in [4.69, 9.17) is 0 Å². The van der Waals surface area contributed by atoms with Gasteiger partial charge in [-0.25, -0.2) is 0 Å². The predicted molar refractivity (Wildman–Crippen MR) is 109 cm³/mol. The van der Waals surface area contributed by atoms with Crippen molar-refractivity contribution >= 4 is 23.4 Å². The Morgan fingerprint density at radius 3 is 2.56 bits per heavy atom. The second-order valence-corrected chi connectivity index (χ2v) is 7.22. The highest BCUT2D eigenvalue weighted by Gasteiger charge is 2.16. The first-order valence-electron chi connectivity index (χ1n) is 8.93. The highest BCUT2D eigenvalue weighted by molar-refractivity contribution is 7.99. The number of anilines is 1. The molecule has 1 N–H and O–H groups in total. The van der Waals surface area contributed by atoms with Gasteiger partial charge in [-0.15, -0.1) is 10.2 Å². The Balaban J connectivity index is 1.72. The van der Waals surface area contributed by atoms with Crippen LogP contribution in [0.4, 0.5) is 5.69 Å². The minimum Gasteiger partial charge on any atom is -0.325 e. The summed E-state index contributed by atoms with van der Waals surface area (Å²) in [6.07, 6.45) is 2.69. The van der Waals surface area contributed by atoms with Gasteiger partial charge in [-0.3, -0.25) is 9.78 Å². The number of carbonyl (C=O) groups is 1. The van der Waals surface area contributed by atoms with Gasteiger partial charge >= 0.3 is 0 Å². The third kappa shape index (κ3) is 4.54. The molecule has 0 saturated carbocycles. The Bertz CT molecular complexity index is 903. The molecule has 3 aromatic rings. The number of amides is 1. The maximum atomic E-state index is 12.4. The van der Waals surface area contributed by atoms with Crippen LogP contribution in [0.25, 0.3) is 11.5 Å². The van der Waals surface area contributed by atoms with Crippen LogP contribution < -0.4 is 5.32 Å². The fourth-order valence-corrected chi connectivity index (χ4v) is 3.59. The minimum atomic E-state index is -0.0529. The Morgan fingerprint density at radius 2 is 1.89 bits per heavy atom. The fraction of sp³-hybridized carbons (Fsp3) is 0.300. The van der Waals surface area contributed by atoms with Gasteiger partial charge < -0.3 is 9.88 Å². The smallest absolute Gasteiger partial charge is 0.234 e. The number of para-hydroxylation sites is 1. The SMILES string of the molecule is CCCn1c(SCC(=O)Nc2c(C)cccc2C)nnc1-c1ccccn1. The summed E-state index contributed by atoms with van der Waals surface area (Å²) in [5.74, 6) is 0.954. The number of benzene rings is 1. The highest BCUT2D eigenvalue weighted by atomic mass is 32.2. The van der Waals surface area contributed by atoms with Gasteiger partial charge in [0.15, 0.2) is 11.0 Å². The van der Waals surface area contributed by atoms with E-state index in [1.54, 1.807) is 6.20 Å². The predicted octanol–water partition coefficient (Wildman–Crippen LogP) is 4.10. The van der Waals surface area contributed by atoms with Crippen LogP contribution in [0.2, 0.25) is 0 Å². The molecule has 0 saturated heterocycles. The Kier molecular flexibility index (Phi) is 6.24. The van der Waals surface area contributed by atoms with Crippen molar-refractivity contribution in [3.63, 3.8) is 0 Å². The molecule has 1 amide bonds. The number of nitrogens with zero attached hydrogens (tertiary/aromatic N) is 4. The lowest BCUT2D eigenvalue weighted by atomic mass is 10.1. The molecule has 0 radical (unpaired) electrons. The van der Waals surface area contributed by atoms with Crippen LogP contribution >= 0.6 is 11.8 Å². The van der Waals surface area contributed by atoms with E-state index in [1.165, 1.54) is 11.8 Å². The molecule has 2 aromatic heterocycles. The lowest BCUT2D eigenvalue weighted by Crippen LogP contribution is -2.16. The van der Waals surface area contributed by atoms with Crippen molar-refractivity contribution in [3.05, 3.63) is 53.7 Å². The van der Waals surface area contributed by atoms with E-state index in [2.05, 4.69) is 27.4 Å². The molecule has 2 heterocycles. The van der Waals surface area contributed by atoms with Gasteiger partial charge in [-0.1, -0.05) is 43.0 Å². The molecule has 27 heavy (non-hydrogen) atoms. The second kappa shape index (κ2) is 8.81. The van der Waals surface area contributed by atoms with Gasteiger partial charge in [0, 0.05) is 18.4 Å². The van der Waals surface area contributed by atoms with E-state index < -0.39 is 0 Å². The zero-order valence-electron chi connectivity index (χ0n) is 15.8. The van der Waals surface area contributed by atoms with Gasteiger partial charge in [0.25, 0.3) is 0 Å². The number of rotatable bonds is 7. The summed E-state index contributed by atoms with van der Waals surface area (Å²) in [5, 5.41) is 12.3. The lowest BCUT2D eigenvalue weighted by Gasteiger charge is -2.11. The standard InChI is InChI=1S/C20H23N5OS/c1-4-12-25-19(16-10-5-6-11-21-16)23-24-20(25)27-13-17(26)22-18-14(2)8-7-9-15(18)3/h5-11H,4,12-13H2,1-3H3,(H,22,26). The summed E-state index contributed by atoms with van der Waals surface area (Å²) < 4.78 is 2.03. The zero-order valence-corrected chi connectivity index (χ0v) is 16.6. The molecular formula is C20H23N5OS. The van der Waals surface area contributed by atoms with Crippen molar-refractivity contribution in [1.82, 2.24) is 19.7 Å². The van der Waals surface area contributed by atoms with E-state index in [0.29, 0.717) is 0 Å². The highest BCUT2D eigenvalue weighted by Crippen LogP contribution is 2.24. The van der Waals surface area contributed by atoms with Crippen LogP contribution in [0, 0.1) is 13.8 Å². The number of hydrogen-bond acceptors (Lipinski definition) is 5. The van der Waals surface area contributed by atoms with Crippen molar-refractivity contribution in [1.29, 1.82) is 0 Å². The maximum Gasteiger partial charge on any atom is 0.234 e. The van der Waals surface area contributed by atoms with Gasteiger partial charge in [-0.05, 0) is 43.5 Å². The van der Waals surface area contributed by atoms with Crippen LogP contribution in [0.3, 0.4) is 0 Å². The molecule has 0 atom stereocenters. The van der Waals surface area contributed by atoms with Crippen LogP contribution in [0.15, 0.2) is 47.8 Å². The fourth-order valence-electron chi connectivity index (χ4n) is 2.82. The zero-order chi connectivity index (χ0) is 19.2. The van der Waals surface area contributed by atoms with Gasteiger partial charge in [0.1, 0.15) is 5.69 Å². The first kappa shape index (κ1) is 19.1. The van der Waals surface area contributed by atoms with Crippen LogP contribution in [0.1, 0.15) is 24.5 Å². The topological polar surface area (TPSA) is 72.7 Å². The monoisotopic (exact) mass is 381 g/mol. The van der Waals surface area contributed by atoms with E-state index >= 15 is 0 Å². The van der Waals surface area contributed by atoms with Crippen molar-refractivity contribution < 1.29 is 4.79 Å². The molecule has 0 aliphatic heterocycles. The normalized spacial score (nSPS) is 10.8. The molecule has 1 aromatic carbocycles. The Hall–Kier alpha value is -2.67. The maximum absolute atomic E-state index is 12.4. The number of pyridine rings is 1. The number of carbonyl (C=O) groups excluding carboxylic acids is 1. The third-order valence-corrected chi connectivity index (χ3v) is 5.10. The number of nitrogens with one attached hydrogen (secondary N) is 1. The first-order valence-corrected chi connectivity index (χ1v) is 9.92. The summed E-state index contributed by atoms with van der Waals surface area (Å²) in [5.41, 5.74) is 3.78.